The molecule has 0 bridgehead atoms. The van der Waals surface area contributed by atoms with Crippen molar-refractivity contribution in [3.8, 4) is 17.2 Å². The van der Waals surface area contributed by atoms with Gasteiger partial charge < -0.3 is 14.2 Å². The first kappa shape index (κ1) is 18.1. The molecule has 132 valence electrons. The van der Waals surface area contributed by atoms with E-state index in [-0.39, 0.29) is 12.1 Å². The van der Waals surface area contributed by atoms with Gasteiger partial charge in [-0.15, -0.1) is 6.58 Å². The lowest BCUT2D eigenvalue weighted by Gasteiger charge is -2.25. The molecule has 0 aromatic heterocycles. The number of nitrogens with one attached hydrogen (secondary N) is 1. The van der Waals surface area contributed by atoms with E-state index < -0.39 is 17.8 Å². The normalized spacial score (nSPS) is 15.9. The second-order valence-corrected chi connectivity index (χ2v) is 4.97. The number of methoxy groups -OCH3 is 3. The quantitative estimate of drug-likeness (QED) is 0.475. The summed E-state index contributed by atoms with van der Waals surface area (Å²) in [7, 11) is 4.36. The van der Waals surface area contributed by atoms with E-state index in [0.717, 1.165) is 4.90 Å². The van der Waals surface area contributed by atoms with Crippen LogP contribution in [0.15, 0.2) is 30.4 Å². The molecule has 0 unspecified atom stereocenters. The van der Waals surface area contributed by atoms with Gasteiger partial charge in [0, 0.05) is 18.7 Å². The van der Waals surface area contributed by atoms with E-state index in [9.17, 15) is 14.4 Å². The van der Waals surface area contributed by atoms with Crippen LogP contribution in [-0.4, -0.2) is 50.6 Å². The van der Waals surface area contributed by atoms with E-state index in [1.54, 1.807) is 12.1 Å². The lowest BCUT2D eigenvalue weighted by Crippen LogP contribution is -2.54. The fourth-order valence-corrected chi connectivity index (χ4v) is 2.31. The van der Waals surface area contributed by atoms with Crippen molar-refractivity contribution in [2.45, 2.75) is 0 Å². The van der Waals surface area contributed by atoms with Crippen LogP contribution in [0.5, 0.6) is 17.2 Å². The minimum absolute atomic E-state index is 0.0217. The molecular weight excluding hydrogens is 328 g/mol. The first-order chi connectivity index (χ1) is 12.0. The molecule has 0 saturated carbocycles. The highest BCUT2D eigenvalue weighted by atomic mass is 16.5. The number of hydrogen-bond donors (Lipinski definition) is 1. The molecule has 0 atom stereocenters. The summed E-state index contributed by atoms with van der Waals surface area (Å²) >= 11 is 0. The molecule has 1 aliphatic rings. The molecule has 1 saturated heterocycles. The second-order valence-electron chi connectivity index (χ2n) is 4.97. The van der Waals surface area contributed by atoms with Gasteiger partial charge in [-0.25, -0.2) is 4.79 Å². The number of carbonyl (C=O) groups excluding carboxylic acids is 3. The van der Waals surface area contributed by atoms with Crippen LogP contribution >= 0.6 is 0 Å². The Morgan fingerprint density at radius 2 is 1.68 bits per heavy atom. The lowest BCUT2D eigenvalue weighted by atomic mass is 10.0. The lowest BCUT2D eigenvalue weighted by molar-refractivity contribution is -0.129. The third-order valence-electron chi connectivity index (χ3n) is 3.54. The topological polar surface area (TPSA) is 94.2 Å². The van der Waals surface area contributed by atoms with Crippen molar-refractivity contribution in [3.05, 3.63) is 35.9 Å². The van der Waals surface area contributed by atoms with E-state index in [1.807, 2.05) is 0 Å². The Morgan fingerprint density at radius 1 is 1.08 bits per heavy atom. The third-order valence-corrected chi connectivity index (χ3v) is 3.54. The van der Waals surface area contributed by atoms with Gasteiger partial charge in [0.05, 0.1) is 26.9 Å². The van der Waals surface area contributed by atoms with Gasteiger partial charge in [0.25, 0.3) is 11.8 Å². The number of urea groups is 1. The maximum absolute atomic E-state index is 12.5. The zero-order valence-corrected chi connectivity index (χ0v) is 14.1. The highest BCUT2D eigenvalue weighted by Crippen LogP contribution is 2.36. The van der Waals surface area contributed by atoms with Crippen LogP contribution in [0, 0.1) is 0 Å². The molecule has 4 amide bonds. The monoisotopic (exact) mass is 346 g/mol. The summed E-state index contributed by atoms with van der Waals surface area (Å²) in [6, 6.07) is 2.39. The zero-order valence-electron chi connectivity index (χ0n) is 14.1. The van der Waals surface area contributed by atoms with Crippen molar-refractivity contribution < 1.29 is 28.6 Å². The maximum atomic E-state index is 12.5. The number of nitrogens with zero attached hydrogens (tertiary/aromatic N) is 1. The van der Waals surface area contributed by atoms with Gasteiger partial charge >= 0.3 is 6.03 Å². The smallest absolute Gasteiger partial charge is 0.331 e. The van der Waals surface area contributed by atoms with Crippen LogP contribution in [-0.2, 0) is 9.59 Å². The minimum atomic E-state index is -0.796. The SMILES string of the molecule is C=CCN1C(=O)NC(=O)/C(=C\c2c(OC)cc(OC)cc2OC)C1=O. The molecule has 8 nitrogen and oxygen atoms in total. The first-order valence-corrected chi connectivity index (χ1v) is 7.26. The average Bonchev–Trinajstić information content (AvgIpc) is 2.61. The van der Waals surface area contributed by atoms with Crippen LogP contribution in [0.3, 0.4) is 0 Å². The predicted octanol–water partition coefficient (Wildman–Crippen LogP) is 1.36. The molecule has 1 aromatic rings. The fraction of sp³-hybridized carbons (Fsp3) is 0.235. The summed E-state index contributed by atoms with van der Waals surface area (Å²) in [6.07, 6.45) is 2.71. The van der Waals surface area contributed by atoms with Gasteiger partial charge in [-0.1, -0.05) is 6.08 Å². The fourth-order valence-electron chi connectivity index (χ4n) is 2.31. The number of hydrogen-bond acceptors (Lipinski definition) is 6. The van der Waals surface area contributed by atoms with E-state index in [1.165, 1.54) is 33.5 Å². The highest BCUT2D eigenvalue weighted by molar-refractivity contribution is 6.31. The summed E-state index contributed by atoms with van der Waals surface area (Å²) < 4.78 is 15.7. The molecule has 8 heteroatoms. The van der Waals surface area contributed by atoms with Gasteiger partial charge in [0.15, 0.2) is 0 Å². The minimum Gasteiger partial charge on any atom is -0.496 e. The molecule has 2 rings (SSSR count). The van der Waals surface area contributed by atoms with Crippen LogP contribution in [0.25, 0.3) is 6.08 Å². The largest absolute Gasteiger partial charge is 0.496 e. The second kappa shape index (κ2) is 7.52. The van der Waals surface area contributed by atoms with Gasteiger partial charge in [0.1, 0.15) is 22.8 Å². The summed E-state index contributed by atoms with van der Waals surface area (Å²) in [6.45, 7) is 3.47. The maximum Gasteiger partial charge on any atom is 0.331 e. The molecule has 25 heavy (non-hydrogen) atoms. The Balaban J connectivity index is 2.57. The first-order valence-electron chi connectivity index (χ1n) is 7.26. The summed E-state index contributed by atoms with van der Waals surface area (Å²) in [4.78, 5) is 37.2. The Morgan fingerprint density at radius 3 is 2.16 bits per heavy atom. The van der Waals surface area contributed by atoms with Crippen molar-refractivity contribution >= 4 is 23.9 Å². The zero-order chi connectivity index (χ0) is 18.6. The standard InChI is InChI=1S/C17H18N2O6/c1-5-6-19-16(21)12(15(20)18-17(19)22)9-11-13(24-3)7-10(23-2)8-14(11)25-4/h5,7-9H,1,6H2,2-4H3,(H,18,20,22)/b12-9+. The van der Waals surface area contributed by atoms with E-state index >= 15 is 0 Å². The van der Waals surface area contributed by atoms with Crippen molar-refractivity contribution in [1.29, 1.82) is 0 Å². The Labute approximate surface area is 144 Å². The molecular formula is C17H18N2O6. The summed E-state index contributed by atoms with van der Waals surface area (Å²) in [5, 5.41) is 2.12. The highest BCUT2D eigenvalue weighted by Gasteiger charge is 2.35. The molecule has 1 heterocycles. The van der Waals surface area contributed by atoms with Crippen LogP contribution in [0.2, 0.25) is 0 Å². The molecule has 1 aromatic carbocycles. The summed E-state index contributed by atoms with van der Waals surface area (Å²) in [5.74, 6) is -0.351. The van der Waals surface area contributed by atoms with Crippen molar-refractivity contribution in [2.24, 2.45) is 0 Å². The Kier molecular flexibility index (Phi) is 5.43. The Hall–Kier alpha value is -3.29. The van der Waals surface area contributed by atoms with Gasteiger partial charge in [0.2, 0.25) is 0 Å². The molecule has 0 spiro atoms. The number of imide groups is 2. The molecule has 1 fully saturated rings. The number of benzene rings is 1. The van der Waals surface area contributed by atoms with Crippen LogP contribution in [0.4, 0.5) is 4.79 Å². The van der Waals surface area contributed by atoms with Gasteiger partial charge in [-0.05, 0) is 6.08 Å². The number of rotatable bonds is 6. The number of barbiturate groups is 1. The van der Waals surface area contributed by atoms with Crippen molar-refractivity contribution in [2.75, 3.05) is 27.9 Å². The molecule has 1 N–H and O–H groups in total. The number of ether oxygens (including phenoxy) is 3. The molecule has 0 radical (unpaired) electrons. The van der Waals surface area contributed by atoms with Gasteiger partial charge in [-0.2, -0.15) is 0 Å². The van der Waals surface area contributed by atoms with E-state index in [4.69, 9.17) is 14.2 Å². The molecule has 0 aliphatic carbocycles. The van der Waals surface area contributed by atoms with Crippen molar-refractivity contribution in [3.63, 3.8) is 0 Å². The third kappa shape index (κ3) is 3.47. The van der Waals surface area contributed by atoms with Crippen LogP contribution in [0.1, 0.15) is 5.56 Å². The predicted molar refractivity (Wildman–Crippen MR) is 89.5 cm³/mol. The van der Waals surface area contributed by atoms with E-state index in [0.29, 0.717) is 22.8 Å². The van der Waals surface area contributed by atoms with E-state index in [2.05, 4.69) is 11.9 Å². The number of amides is 4. The average molecular weight is 346 g/mol. The van der Waals surface area contributed by atoms with Crippen molar-refractivity contribution in [1.82, 2.24) is 10.2 Å². The molecule has 1 aliphatic heterocycles. The van der Waals surface area contributed by atoms with Gasteiger partial charge in [-0.3, -0.25) is 19.8 Å². The van der Waals surface area contributed by atoms with Crippen LogP contribution < -0.4 is 19.5 Å². The Bertz CT molecular complexity index is 743. The summed E-state index contributed by atoms with van der Waals surface area (Å²) in [5.41, 5.74) is 0.153. The number of carbonyl (C=O) groups is 3.